The average molecular weight is 391 g/mol. The van der Waals surface area contributed by atoms with E-state index in [9.17, 15) is 0 Å². The Labute approximate surface area is 168 Å². The third-order valence-electron chi connectivity index (χ3n) is 4.97. The molecule has 2 unspecified atom stereocenters. The fourth-order valence-corrected chi connectivity index (χ4v) is 3.60. The highest BCUT2D eigenvalue weighted by Crippen LogP contribution is 2.35. The van der Waals surface area contributed by atoms with Crippen molar-refractivity contribution in [2.45, 2.75) is 45.9 Å². The number of nitrogens with one attached hydrogen (secondary N) is 2. The van der Waals surface area contributed by atoms with E-state index in [1.54, 1.807) is 0 Å². The van der Waals surface area contributed by atoms with Crippen LogP contribution in [-0.2, 0) is 17.7 Å². The monoisotopic (exact) mass is 390 g/mol. The van der Waals surface area contributed by atoms with Gasteiger partial charge < -0.3 is 29.7 Å². The Morgan fingerprint density at radius 3 is 2.93 bits per heavy atom. The fourth-order valence-electron chi connectivity index (χ4n) is 3.60. The van der Waals surface area contributed by atoms with E-state index in [1.807, 2.05) is 6.92 Å². The van der Waals surface area contributed by atoms with Crippen molar-refractivity contribution >= 4 is 5.96 Å². The normalized spacial score (nSPS) is 22.5. The van der Waals surface area contributed by atoms with E-state index in [-0.39, 0.29) is 12.2 Å². The van der Waals surface area contributed by atoms with Crippen LogP contribution in [0.15, 0.2) is 17.1 Å². The van der Waals surface area contributed by atoms with Crippen LogP contribution in [0.25, 0.3) is 0 Å². The molecule has 1 fully saturated rings. The lowest BCUT2D eigenvalue weighted by Gasteiger charge is -2.30. The summed E-state index contributed by atoms with van der Waals surface area (Å²) >= 11 is 0. The first-order chi connectivity index (χ1) is 13.6. The zero-order chi connectivity index (χ0) is 19.9. The van der Waals surface area contributed by atoms with Gasteiger partial charge >= 0.3 is 0 Å². The molecule has 156 valence electrons. The van der Waals surface area contributed by atoms with Crippen molar-refractivity contribution in [3.05, 3.63) is 23.3 Å². The molecule has 1 aromatic carbocycles. The summed E-state index contributed by atoms with van der Waals surface area (Å²) in [5.41, 5.74) is 2.26. The van der Waals surface area contributed by atoms with E-state index in [4.69, 9.17) is 19.2 Å². The Hall–Kier alpha value is -1.99. The van der Waals surface area contributed by atoms with Gasteiger partial charge in [0.2, 0.25) is 0 Å². The molecule has 2 atom stereocenters. The summed E-state index contributed by atoms with van der Waals surface area (Å²) in [6.07, 6.45) is 1.33. The second-order valence-corrected chi connectivity index (χ2v) is 7.46. The number of hydrogen-bond acceptors (Lipinski definition) is 5. The summed E-state index contributed by atoms with van der Waals surface area (Å²) in [5, 5.41) is 6.72. The van der Waals surface area contributed by atoms with Crippen molar-refractivity contribution in [3.63, 3.8) is 0 Å². The Morgan fingerprint density at radius 2 is 2.18 bits per heavy atom. The largest absolute Gasteiger partial charge is 0.494 e. The van der Waals surface area contributed by atoms with Crippen LogP contribution in [0.4, 0.5) is 0 Å². The highest BCUT2D eigenvalue weighted by Gasteiger charge is 2.22. The third-order valence-corrected chi connectivity index (χ3v) is 4.97. The number of aliphatic imine (C=N–C) groups is 1. The molecule has 1 saturated heterocycles. The van der Waals surface area contributed by atoms with Gasteiger partial charge in [-0.15, -0.1) is 0 Å². The van der Waals surface area contributed by atoms with Gasteiger partial charge in [0.05, 0.1) is 25.9 Å². The number of benzene rings is 1. The topological polar surface area (TPSA) is 67.4 Å². The summed E-state index contributed by atoms with van der Waals surface area (Å²) < 4.78 is 17.6. The molecule has 2 heterocycles. The Morgan fingerprint density at radius 1 is 1.32 bits per heavy atom. The summed E-state index contributed by atoms with van der Waals surface area (Å²) in [6, 6.07) is 4.19. The molecule has 0 spiro atoms. The number of rotatable bonds is 7. The maximum Gasteiger partial charge on any atom is 0.191 e. The molecule has 2 N–H and O–H groups in total. The molecule has 7 nitrogen and oxygen atoms in total. The Kier molecular flexibility index (Phi) is 7.39. The lowest BCUT2D eigenvalue weighted by atomic mass is 10.1. The molecule has 0 aliphatic carbocycles. The second-order valence-electron chi connectivity index (χ2n) is 7.46. The first kappa shape index (κ1) is 20.7. The number of hydrogen-bond donors (Lipinski definition) is 2. The molecule has 0 amide bonds. The van der Waals surface area contributed by atoms with Gasteiger partial charge in [-0.1, -0.05) is 0 Å². The van der Waals surface area contributed by atoms with Crippen LogP contribution >= 0.6 is 0 Å². The van der Waals surface area contributed by atoms with Crippen molar-refractivity contribution in [2.24, 2.45) is 4.99 Å². The molecule has 2 aliphatic heterocycles. The van der Waals surface area contributed by atoms with E-state index < -0.39 is 0 Å². The minimum atomic E-state index is 0.177. The van der Waals surface area contributed by atoms with Crippen LogP contribution in [0.1, 0.15) is 31.9 Å². The van der Waals surface area contributed by atoms with E-state index in [1.165, 1.54) is 5.56 Å². The minimum absolute atomic E-state index is 0.177. The number of morpholine rings is 1. The van der Waals surface area contributed by atoms with Crippen LogP contribution in [-0.4, -0.2) is 69.5 Å². The smallest absolute Gasteiger partial charge is 0.191 e. The lowest BCUT2D eigenvalue weighted by Crippen LogP contribution is -2.48. The highest BCUT2D eigenvalue weighted by atomic mass is 16.5. The maximum atomic E-state index is 5.92. The van der Waals surface area contributed by atoms with Gasteiger partial charge in [-0.05, 0) is 40.0 Å². The molecule has 0 aromatic heterocycles. The van der Waals surface area contributed by atoms with Crippen LogP contribution in [0, 0.1) is 0 Å². The first-order valence-corrected chi connectivity index (χ1v) is 10.4. The van der Waals surface area contributed by atoms with Crippen LogP contribution in [0.2, 0.25) is 0 Å². The zero-order valence-electron chi connectivity index (χ0n) is 17.6. The van der Waals surface area contributed by atoms with Crippen molar-refractivity contribution in [2.75, 3.05) is 46.4 Å². The van der Waals surface area contributed by atoms with Gasteiger partial charge in [-0.25, -0.2) is 4.99 Å². The molecule has 0 saturated carbocycles. The van der Waals surface area contributed by atoms with Crippen LogP contribution in [0.5, 0.6) is 11.5 Å². The van der Waals surface area contributed by atoms with E-state index in [0.717, 1.165) is 62.2 Å². The van der Waals surface area contributed by atoms with Crippen molar-refractivity contribution in [1.82, 2.24) is 15.5 Å². The predicted octanol–water partition coefficient (Wildman–Crippen LogP) is 1.79. The molecule has 1 aromatic rings. The number of nitrogens with zero attached hydrogens (tertiary/aromatic N) is 2. The maximum absolute atomic E-state index is 5.92. The highest BCUT2D eigenvalue weighted by molar-refractivity contribution is 5.79. The number of guanidine groups is 1. The Bertz CT molecular complexity index is 680. The number of ether oxygens (including phenoxy) is 3. The molecular weight excluding hydrogens is 356 g/mol. The van der Waals surface area contributed by atoms with Gasteiger partial charge in [0.25, 0.3) is 0 Å². The van der Waals surface area contributed by atoms with E-state index >= 15 is 0 Å². The predicted molar refractivity (Wildman–Crippen MR) is 111 cm³/mol. The molecule has 3 rings (SSSR count). The van der Waals surface area contributed by atoms with E-state index in [0.29, 0.717) is 13.2 Å². The van der Waals surface area contributed by atoms with Crippen LogP contribution < -0.4 is 20.1 Å². The lowest BCUT2D eigenvalue weighted by molar-refractivity contribution is -0.0161. The fraction of sp³-hybridized carbons (Fsp3) is 0.667. The van der Waals surface area contributed by atoms with Gasteiger partial charge in [-0.3, -0.25) is 0 Å². The molecular formula is C21H34N4O3. The van der Waals surface area contributed by atoms with Gasteiger partial charge in [0, 0.05) is 43.7 Å². The molecule has 0 bridgehead atoms. The second kappa shape index (κ2) is 9.98. The van der Waals surface area contributed by atoms with Gasteiger partial charge in [-0.2, -0.15) is 0 Å². The van der Waals surface area contributed by atoms with Crippen molar-refractivity contribution < 1.29 is 14.2 Å². The SMILES string of the molecule is CCNC(=NCc1cc2c(cc1OCC)CC(C)O2)NCC1CN(C)CCO1. The summed E-state index contributed by atoms with van der Waals surface area (Å²) in [5.74, 6) is 2.64. The van der Waals surface area contributed by atoms with Crippen molar-refractivity contribution in [3.8, 4) is 11.5 Å². The van der Waals surface area contributed by atoms with Crippen molar-refractivity contribution in [1.29, 1.82) is 0 Å². The average Bonchev–Trinajstić information content (AvgIpc) is 3.03. The number of fused-ring (bicyclic) bond motifs is 1. The zero-order valence-corrected chi connectivity index (χ0v) is 17.6. The number of likely N-dealkylation sites (N-methyl/N-ethyl adjacent to an activating group) is 1. The molecule has 0 radical (unpaired) electrons. The summed E-state index contributed by atoms with van der Waals surface area (Å²) in [4.78, 5) is 7.06. The first-order valence-electron chi connectivity index (χ1n) is 10.4. The third kappa shape index (κ3) is 5.52. The molecule has 28 heavy (non-hydrogen) atoms. The van der Waals surface area contributed by atoms with Gasteiger partial charge in [0.15, 0.2) is 5.96 Å². The van der Waals surface area contributed by atoms with Crippen LogP contribution in [0.3, 0.4) is 0 Å². The van der Waals surface area contributed by atoms with Gasteiger partial charge in [0.1, 0.15) is 17.6 Å². The standard InChI is InChI=1S/C21H34N4O3/c1-5-22-21(24-13-18-14-25(4)7-8-27-18)23-12-17-11-20-16(9-15(3)28-20)10-19(17)26-6-2/h10-11,15,18H,5-9,12-14H2,1-4H3,(H2,22,23,24). The Balaban J connectivity index is 1.67. The minimum Gasteiger partial charge on any atom is -0.494 e. The molecule has 7 heteroatoms. The molecule has 2 aliphatic rings. The van der Waals surface area contributed by atoms with E-state index in [2.05, 4.69) is 48.6 Å². The summed E-state index contributed by atoms with van der Waals surface area (Å²) in [6.45, 7) is 11.6. The quantitative estimate of drug-likeness (QED) is 0.547. The summed E-state index contributed by atoms with van der Waals surface area (Å²) in [7, 11) is 2.13.